The summed E-state index contributed by atoms with van der Waals surface area (Å²) in [5.41, 5.74) is 4.85. The number of aromatic nitrogens is 1. The summed E-state index contributed by atoms with van der Waals surface area (Å²) in [4.78, 5) is 0. The van der Waals surface area contributed by atoms with Gasteiger partial charge in [-0.15, -0.1) is 0 Å². The molecule has 0 aliphatic carbocycles. The van der Waals surface area contributed by atoms with Gasteiger partial charge in [0.25, 0.3) is 0 Å². The molecule has 0 radical (unpaired) electrons. The van der Waals surface area contributed by atoms with E-state index in [2.05, 4.69) is 77.2 Å². The van der Waals surface area contributed by atoms with Crippen LogP contribution in [0, 0.1) is 0 Å². The van der Waals surface area contributed by atoms with Crippen LogP contribution < -0.4 is 0 Å². The average molecular weight is 328 g/mol. The monoisotopic (exact) mass is 327 g/mol. The molecule has 0 atom stereocenters. The zero-order valence-corrected chi connectivity index (χ0v) is 13.7. The molecule has 0 amide bonds. The van der Waals surface area contributed by atoms with Gasteiger partial charge >= 0.3 is 0 Å². The lowest BCUT2D eigenvalue weighted by Gasteiger charge is -2.04. The quantitative estimate of drug-likeness (QED) is 0.328. The number of halogens is 1. The minimum atomic E-state index is 0.743. The van der Waals surface area contributed by atoms with Gasteiger partial charge in [-0.05, 0) is 34.5 Å². The highest BCUT2D eigenvalue weighted by Gasteiger charge is 2.15. The van der Waals surface area contributed by atoms with Gasteiger partial charge < -0.3 is 4.40 Å². The molecule has 0 saturated heterocycles. The fourth-order valence-corrected chi connectivity index (χ4v) is 3.79. The van der Waals surface area contributed by atoms with E-state index < -0.39 is 0 Å². The van der Waals surface area contributed by atoms with E-state index in [4.69, 9.17) is 11.6 Å². The zero-order valence-electron chi connectivity index (χ0n) is 12.9. The third-order valence-electron chi connectivity index (χ3n) is 4.65. The molecule has 0 aliphatic rings. The van der Waals surface area contributed by atoms with E-state index >= 15 is 0 Å². The van der Waals surface area contributed by atoms with Gasteiger partial charge in [0, 0.05) is 17.1 Å². The molecule has 3 aromatic carbocycles. The highest BCUT2D eigenvalue weighted by Crippen LogP contribution is 2.39. The SMILES string of the molecule is Clc1ccc2c(-c3ccccc3)c3c4ccccc4ccc3n2c1. The summed E-state index contributed by atoms with van der Waals surface area (Å²) in [6.45, 7) is 0. The Morgan fingerprint density at radius 3 is 2.29 bits per heavy atom. The van der Waals surface area contributed by atoms with Gasteiger partial charge in [-0.2, -0.15) is 0 Å². The van der Waals surface area contributed by atoms with E-state index in [-0.39, 0.29) is 0 Å². The van der Waals surface area contributed by atoms with Crippen LogP contribution in [0.5, 0.6) is 0 Å². The van der Waals surface area contributed by atoms with Gasteiger partial charge in [-0.25, -0.2) is 0 Å². The van der Waals surface area contributed by atoms with Gasteiger partial charge in [-0.3, -0.25) is 0 Å². The summed E-state index contributed by atoms with van der Waals surface area (Å²) in [5.74, 6) is 0. The molecular formula is C22H14ClN. The lowest BCUT2D eigenvalue weighted by atomic mass is 9.98. The van der Waals surface area contributed by atoms with Crippen LogP contribution in [0.4, 0.5) is 0 Å². The minimum absolute atomic E-state index is 0.743. The predicted molar refractivity (Wildman–Crippen MR) is 103 cm³/mol. The molecule has 0 spiro atoms. The molecule has 0 fully saturated rings. The summed E-state index contributed by atoms with van der Waals surface area (Å²) >= 11 is 6.27. The van der Waals surface area contributed by atoms with Crippen molar-refractivity contribution in [1.29, 1.82) is 0 Å². The van der Waals surface area contributed by atoms with Crippen LogP contribution >= 0.6 is 11.6 Å². The number of pyridine rings is 1. The zero-order chi connectivity index (χ0) is 16.1. The first-order valence-electron chi connectivity index (χ1n) is 7.99. The number of nitrogens with zero attached hydrogens (tertiary/aromatic N) is 1. The van der Waals surface area contributed by atoms with Crippen LogP contribution in [0.1, 0.15) is 0 Å². The smallest absolute Gasteiger partial charge is 0.0573 e. The first-order valence-corrected chi connectivity index (χ1v) is 8.37. The van der Waals surface area contributed by atoms with Gasteiger partial charge in [0.1, 0.15) is 0 Å². The summed E-state index contributed by atoms with van der Waals surface area (Å²) in [6.07, 6.45) is 2.00. The fourth-order valence-electron chi connectivity index (χ4n) is 3.63. The molecule has 0 saturated carbocycles. The van der Waals surface area contributed by atoms with Crippen molar-refractivity contribution in [3.63, 3.8) is 0 Å². The second-order valence-electron chi connectivity index (χ2n) is 6.02. The van der Waals surface area contributed by atoms with E-state index in [1.807, 2.05) is 12.3 Å². The largest absolute Gasteiger partial charge is 0.314 e. The van der Waals surface area contributed by atoms with Crippen molar-refractivity contribution >= 4 is 38.8 Å². The molecule has 0 bridgehead atoms. The fraction of sp³-hybridized carbons (Fsp3) is 0. The number of fused-ring (bicyclic) bond motifs is 5. The Bertz CT molecular complexity index is 1200. The third-order valence-corrected chi connectivity index (χ3v) is 4.87. The van der Waals surface area contributed by atoms with Crippen LogP contribution in [-0.2, 0) is 0 Å². The van der Waals surface area contributed by atoms with E-state index in [0.29, 0.717) is 0 Å². The number of hydrogen-bond acceptors (Lipinski definition) is 0. The average Bonchev–Trinajstić information content (AvgIpc) is 2.96. The van der Waals surface area contributed by atoms with Crippen LogP contribution in [0.15, 0.2) is 85.1 Å². The first-order chi connectivity index (χ1) is 11.8. The molecule has 2 aromatic heterocycles. The second-order valence-corrected chi connectivity index (χ2v) is 6.46. The number of benzene rings is 3. The van der Waals surface area contributed by atoms with Gasteiger partial charge in [-0.1, -0.05) is 72.3 Å². The molecule has 5 aromatic rings. The molecule has 114 valence electrons. The number of rotatable bonds is 1. The molecule has 0 N–H and O–H groups in total. The van der Waals surface area contributed by atoms with E-state index in [0.717, 1.165) is 5.02 Å². The van der Waals surface area contributed by atoms with Crippen molar-refractivity contribution in [1.82, 2.24) is 4.40 Å². The van der Waals surface area contributed by atoms with E-state index in [1.54, 1.807) is 0 Å². The molecule has 2 heterocycles. The normalized spacial score (nSPS) is 11.5. The maximum absolute atomic E-state index is 6.27. The first kappa shape index (κ1) is 13.6. The van der Waals surface area contributed by atoms with E-state index in [9.17, 15) is 0 Å². The molecular weight excluding hydrogens is 314 g/mol. The van der Waals surface area contributed by atoms with E-state index in [1.165, 1.54) is 38.3 Å². The maximum atomic E-state index is 6.27. The van der Waals surface area contributed by atoms with Crippen LogP contribution in [0.25, 0.3) is 38.3 Å². The molecule has 2 heteroatoms. The number of hydrogen-bond donors (Lipinski definition) is 0. The summed E-state index contributed by atoms with van der Waals surface area (Å²) in [7, 11) is 0. The maximum Gasteiger partial charge on any atom is 0.0573 e. The van der Waals surface area contributed by atoms with Crippen molar-refractivity contribution in [2.45, 2.75) is 0 Å². The van der Waals surface area contributed by atoms with Gasteiger partial charge in [0.2, 0.25) is 0 Å². The Hall–Kier alpha value is -2.77. The molecule has 24 heavy (non-hydrogen) atoms. The predicted octanol–water partition coefficient (Wildman–Crippen LogP) is 6.57. The molecule has 0 aliphatic heterocycles. The lowest BCUT2D eigenvalue weighted by Crippen LogP contribution is -1.83. The van der Waals surface area contributed by atoms with Crippen LogP contribution in [0.3, 0.4) is 0 Å². The van der Waals surface area contributed by atoms with Gasteiger partial charge in [0.05, 0.1) is 16.1 Å². The Kier molecular flexibility index (Phi) is 2.91. The Morgan fingerprint density at radius 1 is 0.667 bits per heavy atom. The van der Waals surface area contributed by atoms with Crippen LogP contribution in [-0.4, -0.2) is 4.40 Å². The summed E-state index contributed by atoms with van der Waals surface area (Å²) in [6, 6.07) is 27.6. The Labute approximate surface area is 144 Å². The topological polar surface area (TPSA) is 4.41 Å². The van der Waals surface area contributed by atoms with Crippen LogP contribution in [0.2, 0.25) is 5.02 Å². The molecule has 1 nitrogen and oxygen atoms in total. The van der Waals surface area contributed by atoms with Crippen molar-refractivity contribution in [3.05, 3.63) is 90.1 Å². The summed E-state index contributed by atoms with van der Waals surface area (Å²) < 4.78 is 2.20. The Balaban J connectivity index is 2.09. The lowest BCUT2D eigenvalue weighted by molar-refractivity contribution is 1.25. The van der Waals surface area contributed by atoms with Crippen molar-refractivity contribution in [2.24, 2.45) is 0 Å². The third kappa shape index (κ3) is 1.88. The van der Waals surface area contributed by atoms with Gasteiger partial charge in [0.15, 0.2) is 0 Å². The standard InChI is InChI=1S/C22H14ClN/c23-17-11-13-19-21(16-7-2-1-3-8-16)22-18-9-5-4-6-15(18)10-12-20(22)24(19)14-17/h1-14H. The highest BCUT2D eigenvalue weighted by atomic mass is 35.5. The molecule has 0 unspecified atom stereocenters. The highest BCUT2D eigenvalue weighted by molar-refractivity contribution is 6.30. The van der Waals surface area contributed by atoms with Crippen molar-refractivity contribution in [2.75, 3.05) is 0 Å². The van der Waals surface area contributed by atoms with Crippen molar-refractivity contribution < 1.29 is 0 Å². The molecule has 5 rings (SSSR count). The van der Waals surface area contributed by atoms with Crippen molar-refractivity contribution in [3.8, 4) is 11.1 Å². The summed E-state index contributed by atoms with van der Waals surface area (Å²) in [5, 5.41) is 4.55. The second kappa shape index (κ2) is 5.12. The minimum Gasteiger partial charge on any atom is -0.314 e. The Morgan fingerprint density at radius 2 is 1.42 bits per heavy atom.